The van der Waals surface area contributed by atoms with Gasteiger partial charge >= 0.3 is 0 Å². The van der Waals surface area contributed by atoms with Gasteiger partial charge in [-0.15, -0.1) is 0 Å². The molecule has 0 bridgehead atoms. The number of nitrogens with one attached hydrogen (secondary N) is 2. The van der Waals surface area contributed by atoms with Crippen LogP contribution in [0.3, 0.4) is 0 Å². The van der Waals surface area contributed by atoms with Gasteiger partial charge < -0.3 is 15.2 Å². The maximum atomic E-state index is 11.9. The van der Waals surface area contributed by atoms with E-state index >= 15 is 0 Å². The Morgan fingerprint density at radius 3 is 2.87 bits per heavy atom. The number of hydrogen-bond acceptors (Lipinski definition) is 5. The first-order chi connectivity index (χ1) is 11.3. The summed E-state index contributed by atoms with van der Waals surface area (Å²) in [6, 6.07) is 8.03. The van der Waals surface area contributed by atoms with Gasteiger partial charge in [0.15, 0.2) is 5.82 Å². The molecule has 1 unspecified atom stereocenters. The summed E-state index contributed by atoms with van der Waals surface area (Å²) in [4.78, 5) is 16.2. The van der Waals surface area contributed by atoms with Crippen LogP contribution in [-0.2, 0) is 17.6 Å². The van der Waals surface area contributed by atoms with Gasteiger partial charge in [0.2, 0.25) is 5.91 Å². The number of rotatable bonds is 6. The van der Waals surface area contributed by atoms with E-state index in [4.69, 9.17) is 4.52 Å². The second kappa shape index (κ2) is 7.37. The zero-order chi connectivity index (χ0) is 16.1. The van der Waals surface area contributed by atoms with Crippen LogP contribution >= 0.6 is 0 Å². The van der Waals surface area contributed by atoms with Crippen LogP contribution in [-0.4, -0.2) is 35.7 Å². The molecule has 0 aliphatic carbocycles. The van der Waals surface area contributed by atoms with Gasteiger partial charge in [-0.05, 0) is 37.1 Å². The van der Waals surface area contributed by atoms with E-state index < -0.39 is 0 Å². The highest BCUT2D eigenvalue weighted by atomic mass is 16.5. The Morgan fingerprint density at radius 2 is 2.22 bits per heavy atom. The standard InChI is InChI=1S/C17H22N4O2/c1-2-15-20-17(23-21-15)13-5-3-12(4-6-13)7-10-19-16(22)14-8-9-18-11-14/h3-6,14,18H,2,7-11H2,1H3,(H,19,22). The number of benzene rings is 1. The lowest BCUT2D eigenvalue weighted by atomic mass is 10.1. The van der Waals surface area contributed by atoms with Crippen molar-refractivity contribution in [1.82, 2.24) is 20.8 Å². The first-order valence-corrected chi connectivity index (χ1v) is 8.16. The SMILES string of the molecule is CCc1noc(-c2ccc(CCNC(=O)C3CCNC3)cc2)n1. The van der Waals surface area contributed by atoms with Crippen LogP contribution in [0.2, 0.25) is 0 Å². The minimum atomic E-state index is 0.127. The van der Waals surface area contributed by atoms with Crippen LogP contribution < -0.4 is 10.6 Å². The number of amides is 1. The topological polar surface area (TPSA) is 80.0 Å². The van der Waals surface area contributed by atoms with Crippen LogP contribution in [0.1, 0.15) is 24.7 Å². The third-order valence-electron chi connectivity index (χ3n) is 4.13. The molecule has 0 spiro atoms. The summed E-state index contributed by atoms with van der Waals surface area (Å²) in [5.74, 6) is 1.55. The van der Waals surface area contributed by atoms with Crippen LogP contribution in [0.5, 0.6) is 0 Å². The van der Waals surface area contributed by atoms with Crippen molar-refractivity contribution in [3.05, 3.63) is 35.7 Å². The molecule has 2 aromatic rings. The molecular formula is C17H22N4O2. The van der Waals surface area contributed by atoms with Gasteiger partial charge in [-0.25, -0.2) is 0 Å². The summed E-state index contributed by atoms with van der Waals surface area (Å²) >= 11 is 0. The summed E-state index contributed by atoms with van der Waals surface area (Å²) < 4.78 is 5.23. The van der Waals surface area contributed by atoms with Crippen molar-refractivity contribution in [2.24, 2.45) is 5.92 Å². The fourth-order valence-electron chi connectivity index (χ4n) is 2.68. The van der Waals surface area contributed by atoms with Crippen molar-refractivity contribution >= 4 is 5.91 Å². The van der Waals surface area contributed by atoms with Gasteiger partial charge in [0.25, 0.3) is 5.89 Å². The molecule has 0 radical (unpaired) electrons. The van der Waals surface area contributed by atoms with Crippen molar-refractivity contribution in [2.45, 2.75) is 26.2 Å². The smallest absolute Gasteiger partial charge is 0.257 e. The van der Waals surface area contributed by atoms with E-state index in [0.717, 1.165) is 37.9 Å². The summed E-state index contributed by atoms with van der Waals surface area (Å²) in [6.45, 7) is 4.39. The number of aromatic nitrogens is 2. The zero-order valence-corrected chi connectivity index (χ0v) is 13.3. The first kappa shape index (κ1) is 15.7. The van der Waals surface area contributed by atoms with E-state index in [0.29, 0.717) is 18.3 Å². The fraction of sp³-hybridized carbons (Fsp3) is 0.471. The van der Waals surface area contributed by atoms with E-state index in [1.54, 1.807) is 0 Å². The maximum absolute atomic E-state index is 11.9. The highest BCUT2D eigenvalue weighted by Crippen LogP contribution is 2.18. The lowest BCUT2D eigenvalue weighted by Gasteiger charge is -2.09. The van der Waals surface area contributed by atoms with E-state index in [-0.39, 0.29) is 11.8 Å². The van der Waals surface area contributed by atoms with Crippen LogP contribution in [0, 0.1) is 5.92 Å². The molecular weight excluding hydrogens is 292 g/mol. The van der Waals surface area contributed by atoms with Crippen molar-refractivity contribution in [2.75, 3.05) is 19.6 Å². The third-order valence-corrected chi connectivity index (χ3v) is 4.13. The molecule has 2 N–H and O–H groups in total. The lowest BCUT2D eigenvalue weighted by Crippen LogP contribution is -2.33. The number of aryl methyl sites for hydroxylation is 1. The fourth-order valence-corrected chi connectivity index (χ4v) is 2.68. The van der Waals surface area contributed by atoms with E-state index in [9.17, 15) is 4.79 Å². The van der Waals surface area contributed by atoms with Gasteiger partial charge in [-0.2, -0.15) is 4.98 Å². The van der Waals surface area contributed by atoms with Crippen LogP contribution in [0.25, 0.3) is 11.5 Å². The van der Waals surface area contributed by atoms with Gasteiger partial charge in [0.1, 0.15) is 0 Å². The van der Waals surface area contributed by atoms with E-state index in [2.05, 4.69) is 20.8 Å². The maximum Gasteiger partial charge on any atom is 0.257 e. The Labute approximate surface area is 135 Å². The molecule has 1 atom stereocenters. The number of carbonyl (C=O) groups is 1. The Kier molecular flexibility index (Phi) is 5.02. The Balaban J connectivity index is 1.50. The van der Waals surface area contributed by atoms with Crippen molar-refractivity contribution < 1.29 is 9.32 Å². The normalized spacial score (nSPS) is 17.3. The molecule has 0 saturated carbocycles. The minimum Gasteiger partial charge on any atom is -0.355 e. The van der Waals surface area contributed by atoms with E-state index in [1.165, 1.54) is 5.56 Å². The predicted molar refractivity (Wildman–Crippen MR) is 86.8 cm³/mol. The summed E-state index contributed by atoms with van der Waals surface area (Å²) in [7, 11) is 0. The predicted octanol–water partition coefficient (Wildman–Crippen LogP) is 1.57. The van der Waals surface area contributed by atoms with Gasteiger partial charge in [0.05, 0.1) is 5.92 Å². The zero-order valence-electron chi connectivity index (χ0n) is 13.3. The molecule has 122 valence electrons. The molecule has 1 saturated heterocycles. The van der Waals surface area contributed by atoms with Crippen molar-refractivity contribution in [3.63, 3.8) is 0 Å². The largest absolute Gasteiger partial charge is 0.355 e. The second-order valence-electron chi connectivity index (χ2n) is 5.80. The molecule has 1 aliphatic rings. The Bertz CT molecular complexity index is 645. The third kappa shape index (κ3) is 3.96. The van der Waals surface area contributed by atoms with Crippen LogP contribution in [0.15, 0.2) is 28.8 Å². The molecule has 3 rings (SSSR count). The molecule has 2 heterocycles. The molecule has 23 heavy (non-hydrogen) atoms. The summed E-state index contributed by atoms with van der Waals surface area (Å²) in [5, 5.41) is 10.1. The molecule has 6 nitrogen and oxygen atoms in total. The highest BCUT2D eigenvalue weighted by Gasteiger charge is 2.21. The molecule has 1 fully saturated rings. The van der Waals surface area contributed by atoms with E-state index in [1.807, 2.05) is 31.2 Å². The van der Waals surface area contributed by atoms with Gasteiger partial charge in [0, 0.05) is 25.1 Å². The lowest BCUT2D eigenvalue weighted by molar-refractivity contribution is -0.124. The van der Waals surface area contributed by atoms with Crippen molar-refractivity contribution in [3.8, 4) is 11.5 Å². The van der Waals surface area contributed by atoms with Crippen LogP contribution in [0.4, 0.5) is 0 Å². The Morgan fingerprint density at radius 1 is 1.39 bits per heavy atom. The quantitative estimate of drug-likeness (QED) is 0.846. The average Bonchev–Trinajstić information content (AvgIpc) is 3.27. The summed E-state index contributed by atoms with van der Waals surface area (Å²) in [6.07, 6.45) is 2.51. The molecule has 1 aromatic heterocycles. The molecule has 6 heteroatoms. The molecule has 1 aliphatic heterocycles. The van der Waals surface area contributed by atoms with Crippen molar-refractivity contribution in [1.29, 1.82) is 0 Å². The van der Waals surface area contributed by atoms with Gasteiger partial charge in [-0.3, -0.25) is 4.79 Å². The number of carbonyl (C=O) groups excluding carboxylic acids is 1. The minimum absolute atomic E-state index is 0.127. The Hall–Kier alpha value is -2.21. The number of hydrogen-bond donors (Lipinski definition) is 2. The molecule has 1 aromatic carbocycles. The number of nitrogens with zero attached hydrogens (tertiary/aromatic N) is 2. The average molecular weight is 314 g/mol. The summed E-state index contributed by atoms with van der Waals surface area (Å²) in [5.41, 5.74) is 2.09. The first-order valence-electron chi connectivity index (χ1n) is 8.16. The second-order valence-corrected chi connectivity index (χ2v) is 5.80. The monoisotopic (exact) mass is 314 g/mol. The highest BCUT2D eigenvalue weighted by molar-refractivity contribution is 5.79. The molecule has 1 amide bonds. The van der Waals surface area contributed by atoms with Gasteiger partial charge in [-0.1, -0.05) is 24.2 Å².